The summed E-state index contributed by atoms with van der Waals surface area (Å²) in [6.07, 6.45) is -8.60. The van der Waals surface area contributed by atoms with Crippen LogP contribution < -0.4 is 5.73 Å². The molecular formula is C19H17F6N5O3. The molecule has 33 heavy (non-hydrogen) atoms. The highest BCUT2D eigenvalue weighted by molar-refractivity contribution is 5.73. The van der Waals surface area contributed by atoms with Crippen LogP contribution in [0.4, 0.5) is 31.1 Å². The number of aliphatic carboxylic acids is 1. The van der Waals surface area contributed by atoms with Crippen molar-refractivity contribution < 1.29 is 41.0 Å². The molecule has 2 aromatic rings. The van der Waals surface area contributed by atoms with Gasteiger partial charge in [0.1, 0.15) is 6.07 Å². The van der Waals surface area contributed by atoms with Gasteiger partial charge in [-0.1, -0.05) is 12.1 Å². The molecule has 0 aliphatic rings. The SMILES string of the molecule is CN(CCCc1cc(-c2cccc(C(F)(F)F)c2)nc(C#N)n1)C(N)=O.O=C(O)C(F)(F)F. The molecule has 0 radical (unpaired) electrons. The van der Waals surface area contributed by atoms with Gasteiger partial charge in [-0.25, -0.2) is 19.6 Å². The Morgan fingerprint density at radius 1 is 1.15 bits per heavy atom. The Balaban J connectivity index is 0.000000675. The number of nitrogens with zero attached hydrogens (tertiary/aromatic N) is 4. The van der Waals surface area contributed by atoms with E-state index in [9.17, 15) is 31.1 Å². The molecule has 1 aromatic heterocycles. The van der Waals surface area contributed by atoms with Gasteiger partial charge in [0, 0.05) is 24.8 Å². The van der Waals surface area contributed by atoms with Crippen LogP contribution >= 0.6 is 0 Å². The van der Waals surface area contributed by atoms with Gasteiger partial charge in [-0.05, 0) is 31.0 Å². The lowest BCUT2D eigenvalue weighted by atomic mass is 10.1. The van der Waals surface area contributed by atoms with Crippen LogP contribution in [0.15, 0.2) is 30.3 Å². The van der Waals surface area contributed by atoms with Gasteiger partial charge < -0.3 is 15.7 Å². The molecule has 1 heterocycles. The van der Waals surface area contributed by atoms with Crippen LogP contribution in [0.2, 0.25) is 0 Å². The van der Waals surface area contributed by atoms with E-state index < -0.39 is 29.9 Å². The van der Waals surface area contributed by atoms with Gasteiger partial charge in [-0.2, -0.15) is 31.6 Å². The number of alkyl halides is 6. The van der Waals surface area contributed by atoms with Crippen molar-refractivity contribution in [2.45, 2.75) is 25.2 Å². The minimum Gasteiger partial charge on any atom is -0.475 e. The summed E-state index contributed by atoms with van der Waals surface area (Å²) in [5, 5.41) is 16.2. The highest BCUT2D eigenvalue weighted by Gasteiger charge is 2.38. The smallest absolute Gasteiger partial charge is 0.475 e. The Kier molecular flexibility index (Phi) is 9.14. The highest BCUT2D eigenvalue weighted by atomic mass is 19.4. The Morgan fingerprint density at radius 2 is 1.76 bits per heavy atom. The normalized spacial score (nSPS) is 11.1. The third-order valence-electron chi connectivity index (χ3n) is 3.91. The zero-order chi connectivity index (χ0) is 25.4. The van der Waals surface area contributed by atoms with Crippen molar-refractivity contribution in [3.63, 3.8) is 0 Å². The molecule has 0 bridgehead atoms. The van der Waals surface area contributed by atoms with E-state index in [2.05, 4.69) is 9.97 Å². The second kappa shape index (κ2) is 11.1. The second-order valence-corrected chi connectivity index (χ2v) is 6.42. The number of carboxylic acids is 1. The fourth-order valence-corrected chi connectivity index (χ4v) is 2.29. The number of carboxylic acid groups (broad SMARTS) is 1. The molecule has 14 heteroatoms. The molecule has 3 N–H and O–H groups in total. The van der Waals surface area contributed by atoms with Crippen LogP contribution in [-0.2, 0) is 17.4 Å². The Morgan fingerprint density at radius 3 is 2.24 bits per heavy atom. The minimum atomic E-state index is -5.08. The highest BCUT2D eigenvalue weighted by Crippen LogP contribution is 2.31. The van der Waals surface area contributed by atoms with E-state index in [1.54, 1.807) is 13.1 Å². The van der Waals surface area contributed by atoms with E-state index in [0.717, 1.165) is 12.1 Å². The molecule has 2 rings (SSSR count). The van der Waals surface area contributed by atoms with Gasteiger partial charge in [0.25, 0.3) is 0 Å². The summed E-state index contributed by atoms with van der Waals surface area (Å²) >= 11 is 0. The average Bonchev–Trinajstić information content (AvgIpc) is 2.72. The summed E-state index contributed by atoms with van der Waals surface area (Å²) in [5.41, 5.74) is 5.33. The number of halogens is 6. The lowest BCUT2D eigenvalue weighted by molar-refractivity contribution is -0.192. The zero-order valence-electron chi connectivity index (χ0n) is 16.9. The number of carbonyl (C=O) groups is 2. The van der Waals surface area contributed by atoms with Crippen LogP contribution in [0.25, 0.3) is 11.3 Å². The van der Waals surface area contributed by atoms with Gasteiger partial charge in [0.05, 0.1) is 11.3 Å². The van der Waals surface area contributed by atoms with Gasteiger partial charge in [0.15, 0.2) is 0 Å². The first-order valence-electron chi connectivity index (χ1n) is 8.91. The summed E-state index contributed by atoms with van der Waals surface area (Å²) in [4.78, 5) is 29.3. The fourth-order valence-electron chi connectivity index (χ4n) is 2.29. The molecule has 8 nitrogen and oxygen atoms in total. The molecule has 2 amide bonds. The van der Waals surface area contributed by atoms with Crippen LogP contribution in [-0.4, -0.2) is 51.7 Å². The minimum absolute atomic E-state index is 0.127. The van der Waals surface area contributed by atoms with Crippen molar-refractivity contribution >= 4 is 12.0 Å². The number of aryl methyl sites for hydroxylation is 1. The molecule has 0 spiro atoms. The van der Waals surface area contributed by atoms with Gasteiger partial charge in [0.2, 0.25) is 5.82 Å². The molecule has 0 fully saturated rings. The van der Waals surface area contributed by atoms with Gasteiger partial charge >= 0.3 is 24.4 Å². The van der Waals surface area contributed by atoms with Crippen LogP contribution in [0, 0.1) is 11.3 Å². The molecule has 0 atom stereocenters. The van der Waals surface area contributed by atoms with Gasteiger partial charge in [-0.3, -0.25) is 0 Å². The maximum absolute atomic E-state index is 12.9. The summed E-state index contributed by atoms with van der Waals surface area (Å²) in [6.45, 7) is 0.389. The molecule has 0 aliphatic heterocycles. The molecule has 0 saturated heterocycles. The first-order chi connectivity index (χ1) is 15.1. The first kappa shape index (κ1) is 27.1. The first-order valence-corrected chi connectivity index (χ1v) is 8.91. The number of hydrogen-bond donors (Lipinski definition) is 2. The number of nitriles is 1. The molecular weight excluding hydrogens is 460 g/mol. The number of nitrogens with two attached hydrogens (primary N) is 1. The van der Waals surface area contributed by atoms with E-state index in [1.807, 2.05) is 6.07 Å². The van der Waals surface area contributed by atoms with Gasteiger partial charge in [-0.15, -0.1) is 0 Å². The summed E-state index contributed by atoms with van der Waals surface area (Å²) in [6, 6.07) is 7.52. The molecule has 1 aromatic carbocycles. The van der Waals surface area contributed by atoms with Crippen molar-refractivity contribution in [1.29, 1.82) is 5.26 Å². The van der Waals surface area contributed by atoms with E-state index in [1.165, 1.54) is 17.0 Å². The predicted octanol–water partition coefficient (Wildman–Crippen LogP) is 3.61. The maximum Gasteiger partial charge on any atom is 0.490 e. The lowest BCUT2D eigenvalue weighted by Crippen LogP contribution is -2.32. The number of amides is 2. The quantitative estimate of drug-likeness (QED) is 0.632. The van der Waals surface area contributed by atoms with Crippen LogP contribution in [0.3, 0.4) is 0 Å². The average molecular weight is 477 g/mol. The number of benzene rings is 1. The third-order valence-corrected chi connectivity index (χ3v) is 3.91. The molecule has 0 saturated carbocycles. The second-order valence-electron chi connectivity index (χ2n) is 6.42. The fraction of sp³-hybridized carbons (Fsp3) is 0.316. The predicted molar refractivity (Wildman–Crippen MR) is 101 cm³/mol. The van der Waals surface area contributed by atoms with E-state index in [4.69, 9.17) is 20.9 Å². The Bertz CT molecular complexity index is 1030. The summed E-state index contributed by atoms with van der Waals surface area (Å²) in [5.74, 6) is -2.88. The number of urea groups is 1. The lowest BCUT2D eigenvalue weighted by Gasteiger charge is -2.13. The third kappa shape index (κ3) is 9.01. The van der Waals surface area contributed by atoms with E-state index in [0.29, 0.717) is 25.1 Å². The Labute approximate surface area is 183 Å². The largest absolute Gasteiger partial charge is 0.490 e. The summed E-state index contributed by atoms with van der Waals surface area (Å²) in [7, 11) is 1.55. The molecule has 178 valence electrons. The number of carbonyl (C=O) groups excluding carboxylic acids is 1. The van der Waals surface area contributed by atoms with E-state index in [-0.39, 0.29) is 17.1 Å². The molecule has 0 unspecified atom stereocenters. The number of hydrogen-bond acceptors (Lipinski definition) is 5. The van der Waals surface area contributed by atoms with Crippen molar-refractivity contribution in [2.75, 3.05) is 13.6 Å². The zero-order valence-corrected chi connectivity index (χ0v) is 16.9. The van der Waals surface area contributed by atoms with Crippen molar-refractivity contribution in [3.8, 4) is 17.3 Å². The topological polar surface area (TPSA) is 133 Å². The van der Waals surface area contributed by atoms with Crippen molar-refractivity contribution in [2.24, 2.45) is 5.73 Å². The molecule has 0 aliphatic carbocycles. The van der Waals surface area contributed by atoms with E-state index >= 15 is 0 Å². The number of primary amides is 1. The van der Waals surface area contributed by atoms with Crippen molar-refractivity contribution in [3.05, 3.63) is 47.4 Å². The maximum atomic E-state index is 12.9. The van der Waals surface area contributed by atoms with Crippen LogP contribution in [0.5, 0.6) is 0 Å². The van der Waals surface area contributed by atoms with Crippen molar-refractivity contribution in [1.82, 2.24) is 14.9 Å². The standard InChI is InChI=1S/C17H16F3N5O.C2HF3O2/c1-25(16(22)26)7-3-6-13-9-14(24-15(10-21)23-13)11-4-2-5-12(8-11)17(18,19)20;3-2(4,5)1(6)7/h2,4-5,8-9H,3,6-7H2,1H3,(H2,22,26);(H,6,7). The van der Waals surface area contributed by atoms with Crippen LogP contribution in [0.1, 0.15) is 23.5 Å². The Hall–Kier alpha value is -3.89. The number of rotatable bonds is 5. The monoisotopic (exact) mass is 477 g/mol. The number of aromatic nitrogens is 2. The summed E-state index contributed by atoms with van der Waals surface area (Å²) < 4.78 is 70.4.